The lowest BCUT2D eigenvalue weighted by molar-refractivity contribution is 0.555. The van der Waals surface area contributed by atoms with E-state index in [2.05, 4.69) is 62.9 Å². The van der Waals surface area contributed by atoms with Crippen LogP contribution in [0.1, 0.15) is 32.2 Å². The predicted octanol–water partition coefficient (Wildman–Crippen LogP) is 2.27. The van der Waals surface area contributed by atoms with Gasteiger partial charge in [0.2, 0.25) is 5.95 Å². The minimum Gasteiger partial charge on any atom is -0.363 e. The Bertz CT molecular complexity index is 741. The second-order valence-electron chi connectivity index (χ2n) is 8.06. The number of nitrogens with zero attached hydrogens (tertiary/aromatic N) is 7. The van der Waals surface area contributed by atoms with E-state index in [1.165, 1.54) is 0 Å². The molecule has 3 heterocycles. The molecule has 7 heteroatoms. The lowest BCUT2D eigenvalue weighted by Gasteiger charge is -2.35. The van der Waals surface area contributed by atoms with Crippen LogP contribution in [0.3, 0.4) is 0 Å². The van der Waals surface area contributed by atoms with E-state index in [-0.39, 0.29) is 5.41 Å². The molecular formula is C19H29N7. The minimum absolute atomic E-state index is 0.0247. The number of hydrogen-bond donors (Lipinski definition) is 0. The van der Waals surface area contributed by atoms with Crippen molar-refractivity contribution in [1.82, 2.24) is 20.2 Å². The fourth-order valence-corrected chi connectivity index (χ4v) is 2.94. The molecule has 0 atom stereocenters. The molecule has 1 saturated heterocycles. The molecule has 0 saturated carbocycles. The summed E-state index contributed by atoms with van der Waals surface area (Å²) in [6, 6.07) is 6.17. The van der Waals surface area contributed by atoms with E-state index < -0.39 is 0 Å². The second kappa shape index (κ2) is 7.05. The van der Waals surface area contributed by atoms with Gasteiger partial charge in [-0.25, -0.2) is 4.98 Å². The molecule has 0 spiro atoms. The predicted molar refractivity (Wildman–Crippen MR) is 106 cm³/mol. The summed E-state index contributed by atoms with van der Waals surface area (Å²) in [6.07, 6.45) is 0. The summed E-state index contributed by atoms with van der Waals surface area (Å²) in [7, 11) is 4.01. The maximum atomic E-state index is 4.69. The Kier molecular flexibility index (Phi) is 4.98. The van der Waals surface area contributed by atoms with Crippen molar-refractivity contribution < 1.29 is 0 Å². The van der Waals surface area contributed by atoms with Crippen molar-refractivity contribution in [2.24, 2.45) is 0 Å². The van der Waals surface area contributed by atoms with Crippen molar-refractivity contribution in [2.45, 2.75) is 33.1 Å². The monoisotopic (exact) mass is 355 g/mol. The van der Waals surface area contributed by atoms with E-state index in [0.29, 0.717) is 0 Å². The Hall–Kier alpha value is -2.44. The molecule has 3 rings (SSSR count). The first kappa shape index (κ1) is 18.4. The van der Waals surface area contributed by atoms with Gasteiger partial charge in [0, 0.05) is 57.4 Å². The third-order valence-electron chi connectivity index (χ3n) is 4.59. The number of aromatic nitrogens is 4. The molecule has 0 radical (unpaired) electrons. The Balaban J connectivity index is 1.68. The van der Waals surface area contributed by atoms with Gasteiger partial charge in [0.15, 0.2) is 5.82 Å². The molecule has 0 amide bonds. The number of piperazine rings is 1. The van der Waals surface area contributed by atoms with Crippen LogP contribution in [0, 0.1) is 6.92 Å². The number of anilines is 3. The Morgan fingerprint density at radius 2 is 1.58 bits per heavy atom. The molecule has 7 nitrogen and oxygen atoms in total. The molecule has 0 unspecified atom stereocenters. The molecule has 140 valence electrons. The summed E-state index contributed by atoms with van der Waals surface area (Å²) >= 11 is 0. The van der Waals surface area contributed by atoms with Crippen LogP contribution in [0.15, 0.2) is 18.2 Å². The highest BCUT2D eigenvalue weighted by Crippen LogP contribution is 2.22. The molecule has 1 fully saturated rings. The second-order valence-corrected chi connectivity index (χ2v) is 8.06. The van der Waals surface area contributed by atoms with Gasteiger partial charge < -0.3 is 14.7 Å². The fraction of sp³-hybridized carbons (Fsp3) is 0.579. The van der Waals surface area contributed by atoms with Crippen molar-refractivity contribution >= 4 is 17.6 Å². The number of aryl methyl sites for hydroxylation is 1. The maximum Gasteiger partial charge on any atom is 0.227 e. The van der Waals surface area contributed by atoms with Gasteiger partial charge in [-0.3, -0.25) is 0 Å². The molecule has 1 aliphatic rings. The van der Waals surface area contributed by atoms with Gasteiger partial charge in [-0.15, -0.1) is 5.10 Å². The van der Waals surface area contributed by atoms with Crippen molar-refractivity contribution in [3.8, 4) is 0 Å². The molecule has 0 aromatic carbocycles. The summed E-state index contributed by atoms with van der Waals surface area (Å²) in [6.45, 7) is 12.0. The van der Waals surface area contributed by atoms with Gasteiger partial charge in [-0.1, -0.05) is 20.8 Å². The number of hydrogen-bond acceptors (Lipinski definition) is 7. The largest absolute Gasteiger partial charge is 0.363 e. The standard InChI is InChI=1S/C19H29N7/c1-14-13-17(24(5)6)21-18(20-14)26-11-9-25(10-12-26)16-8-7-15(22-23-16)19(2,3)4/h7-8,13H,9-12H2,1-6H3. The molecule has 0 N–H and O–H groups in total. The SMILES string of the molecule is Cc1cc(N(C)C)nc(N2CCN(c3ccc(C(C)(C)C)nn3)CC2)n1. The van der Waals surface area contributed by atoms with Gasteiger partial charge in [0.25, 0.3) is 0 Å². The Morgan fingerprint density at radius 1 is 0.923 bits per heavy atom. The topological polar surface area (TPSA) is 61.3 Å². The fourth-order valence-electron chi connectivity index (χ4n) is 2.94. The lowest BCUT2D eigenvalue weighted by atomic mass is 9.92. The average Bonchev–Trinajstić information content (AvgIpc) is 2.61. The van der Waals surface area contributed by atoms with E-state index in [9.17, 15) is 0 Å². The third kappa shape index (κ3) is 4.03. The van der Waals surface area contributed by atoms with Crippen LogP contribution in [0.4, 0.5) is 17.6 Å². The first-order valence-electron chi connectivity index (χ1n) is 9.11. The zero-order chi connectivity index (χ0) is 18.9. The zero-order valence-electron chi connectivity index (χ0n) is 16.7. The van der Waals surface area contributed by atoms with Crippen LogP contribution < -0.4 is 14.7 Å². The smallest absolute Gasteiger partial charge is 0.227 e. The van der Waals surface area contributed by atoms with Crippen LogP contribution >= 0.6 is 0 Å². The van der Waals surface area contributed by atoms with E-state index in [0.717, 1.165) is 55.2 Å². The van der Waals surface area contributed by atoms with Gasteiger partial charge in [-0.2, -0.15) is 10.1 Å². The van der Waals surface area contributed by atoms with Gasteiger partial charge in [0.05, 0.1) is 5.69 Å². The third-order valence-corrected chi connectivity index (χ3v) is 4.59. The molecule has 1 aliphatic heterocycles. The first-order chi connectivity index (χ1) is 12.2. The van der Waals surface area contributed by atoms with E-state index in [1.807, 2.05) is 32.0 Å². The van der Waals surface area contributed by atoms with Crippen LogP contribution in [0.25, 0.3) is 0 Å². The minimum atomic E-state index is 0.0247. The maximum absolute atomic E-state index is 4.69. The quantitative estimate of drug-likeness (QED) is 0.837. The summed E-state index contributed by atoms with van der Waals surface area (Å²) < 4.78 is 0. The van der Waals surface area contributed by atoms with Gasteiger partial charge in [0.1, 0.15) is 5.82 Å². The summed E-state index contributed by atoms with van der Waals surface area (Å²) in [4.78, 5) is 15.8. The van der Waals surface area contributed by atoms with Crippen molar-refractivity contribution in [1.29, 1.82) is 0 Å². The lowest BCUT2D eigenvalue weighted by Crippen LogP contribution is -2.47. The molecule has 26 heavy (non-hydrogen) atoms. The van der Waals surface area contributed by atoms with Crippen LogP contribution in [0.5, 0.6) is 0 Å². The van der Waals surface area contributed by atoms with Crippen molar-refractivity contribution in [3.63, 3.8) is 0 Å². The average molecular weight is 355 g/mol. The highest BCUT2D eigenvalue weighted by Gasteiger charge is 2.22. The van der Waals surface area contributed by atoms with Crippen LogP contribution in [0.2, 0.25) is 0 Å². The molecule has 0 aliphatic carbocycles. The molecule has 2 aromatic heterocycles. The van der Waals surface area contributed by atoms with E-state index in [1.54, 1.807) is 0 Å². The highest BCUT2D eigenvalue weighted by molar-refractivity contribution is 5.47. The Labute approximate surface area is 156 Å². The molecular weight excluding hydrogens is 326 g/mol. The molecule has 0 bridgehead atoms. The summed E-state index contributed by atoms with van der Waals surface area (Å²) in [5, 5.41) is 8.85. The molecule has 2 aromatic rings. The van der Waals surface area contributed by atoms with Crippen LogP contribution in [-0.4, -0.2) is 60.4 Å². The summed E-state index contributed by atoms with van der Waals surface area (Å²) in [5.74, 6) is 2.69. The Morgan fingerprint density at radius 3 is 2.12 bits per heavy atom. The number of rotatable bonds is 3. The van der Waals surface area contributed by atoms with Gasteiger partial charge in [-0.05, 0) is 19.1 Å². The first-order valence-corrected chi connectivity index (χ1v) is 9.11. The van der Waals surface area contributed by atoms with Crippen molar-refractivity contribution in [3.05, 3.63) is 29.6 Å². The normalized spacial score (nSPS) is 15.3. The highest BCUT2D eigenvalue weighted by atomic mass is 15.4. The van der Waals surface area contributed by atoms with Crippen LogP contribution in [-0.2, 0) is 5.41 Å². The van der Waals surface area contributed by atoms with Crippen molar-refractivity contribution in [2.75, 3.05) is 55.0 Å². The van der Waals surface area contributed by atoms with E-state index in [4.69, 9.17) is 0 Å². The summed E-state index contributed by atoms with van der Waals surface area (Å²) in [5.41, 5.74) is 2.03. The van der Waals surface area contributed by atoms with Gasteiger partial charge >= 0.3 is 0 Å². The van der Waals surface area contributed by atoms with E-state index >= 15 is 0 Å². The zero-order valence-corrected chi connectivity index (χ0v) is 16.7.